The molecule has 7 rings (SSSR count). The number of amides is 1. The number of phenolic OH excluding ortho intramolecular Hbond substituents is 1. The molecule has 0 spiro atoms. The normalized spacial score (nSPS) is 19.2. The third-order valence-electron chi connectivity index (χ3n) is 10.3. The summed E-state index contributed by atoms with van der Waals surface area (Å²) in [5.74, 6) is 0.00127. The summed E-state index contributed by atoms with van der Waals surface area (Å²) in [5.41, 5.74) is 2.79. The number of hydrogen-bond acceptors (Lipinski definition) is 9. The Kier molecular flexibility index (Phi) is 12.9. The topological polar surface area (TPSA) is 153 Å². The zero-order valence-electron chi connectivity index (χ0n) is 29.6. The second kappa shape index (κ2) is 18.2. The molecule has 11 heteroatoms. The van der Waals surface area contributed by atoms with Crippen LogP contribution in [0.1, 0.15) is 90.6 Å². The quantitative estimate of drug-likeness (QED) is 0.0660. The molecule has 4 heterocycles. The van der Waals surface area contributed by atoms with E-state index in [1.165, 1.54) is 12.1 Å². The Morgan fingerprint density at radius 3 is 2.40 bits per heavy atom. The molecule has 0 aliphatic carbocycles. The van der Waals surface area contributed by atoms with Crippen LogP contribution in [0.5, 0.6) is 5.75 Å². The zero-order valence-corrected chi connectivity index (χ0v) is 29.6. The lowest BCUT2D eigenvalue weighted by atomic mass is 9.86. The Bertz CT molecular complexity index is 1840. The molecule has 3 aromatic carbocycles. The van der Waals surface area contributed by atoms with Crippen molar-refractivity contribution in [3.05, 3.63) is 111 Å². The molecule has 276 valence electrons. The van der Waals surface area contributed by atoms with Gasteiger partial charge in [-0.05, 0) is 92.2 Å². The number of H-pyrrole nitrogens is 1. The number of nitrogens with one attached hydrogen (secondary N) is 3. The van der Waals surface area contributed by atoms with Crippen molar-refractivity contribution in [2.24, 2.45) is 5.92 Å². The molecule has 1 amide bonds. The van der Waals surface area contributed by atoms with Gasteiger partial charge in [0.25, 0.3) is 0 Å². The molecule has 52 heavy (non-hydrogen) atoms. The fourth-order valence-electron chi connectivity index (χ4n) is 7.39. The highest BCUT2D eigenvalue weighted by molar-refractivity contribution is 5.89. The van der Waals surface area contributed by atoms with Crippen LogP contribution in [-0.2, 0) is 9.47 Å². The number of hydrogen-bond donors (Lipinski definition) is 5. The van der Waals surface area contributed by atoms with Crippen LogP contribution in [0.25, 0.3) is 10.9 Å². The van der Waals surface area contributed by atoms with Gasteiger partial charge >= 0.3 is 12.1 Å². The summed E-state index contributed by atoms with van der Waals surface area (Å²) in [6.07, 6.45) is 6.65. The van der Waals surface area contributed by atoms with Crippen LogP contribution < -0.4 is 16.2 Å². The summed E-state index contributed by atoms with van der Waals surface area (Å²) in [4.78, 5) is 42.7. The van der Waals surface area contributed by atoms with Crippen molar-refractivity contribution in [2.75, 3.05) is 39.3 Å². The lowest BCUT2D eigenvalue weighted by Gasteiger charge is -2.43. The van der Waals surface area contributed by atoms with E-state index in [1.807, 2.05) is 42.5 Å². The van der Waals surface area contributed by atoms with Crippen molar-refractivity contribution < 1.29 is 29.3 Å². The van der Waals surface area contributed by atoms with Gasteiger partial charge in [0, 0.05) is 24.5 Å². The molecule has 0 saturated carbocycles. The number of aromatic nitrogens is 1. The number of alkyl carbamates (subject to hydrolysis) is 1. The van der Waals surface area contributed by atoms with Gasteiger partial charge < -0.3 is 35.3 Å². The lowest BCUT2D eigenvalue weighted by Crippen LogP contribution is -2.52. The van der Waals surface area contributed by atoms with E-state index in [9.17, 15) is 24.6 Å². The molecule has 2 bridgehead atoms. The number of phenols is 1. The molecule has 1 aromatic heterocycles. The van der Waals surface area contributed by atoms with Gasteiger partial charge in [-0.15, -0.1) is 0 Å². The van der Waals surface area contributed by atoms with Crippen molar-refractivity contribution >= 4 is 23.0 Å². The SMILES string of the molecule is O=C(NC(c1ccccc1)c1cccc(C(=O)OCCCCCCCCNC[C@@H](O)c2ccc(O)c3[nH]c(=O)ccc23)c1)O[C@H]1CN2CCC1CC2. The number of esters is 1. The summed E-state index contributed by atoms with van der Waals surface area (Å²) < 4.78 is 11.5. The Balaban J connectivity index is 0.883. The standard InChI is InChI=1S/C41H50N4O7/c46-34-17-15-32(33-16-18-37(48)43-39(33)34)35(47)26-42-21-8-3-1-2-4-9-24-51-40(49)31-14-10-13-30(25-31)38(29-11-6-5-7-12-29)44-41(50)52-36-27-45-22-19-28(36)20-23-45/h5-7,10-18,25,28,35-36,38,42,46-47H,1-4,8-9,19-24,26-27H2,(H,43,48)(H,44,50)/t35-,36+,38?/m1/s1. The van der Waals surface area contributed by atoms with E-state index >= 15 is 0 Å². The molecule has 3 aliphatic heterocycles. The number of unbranched alkanes of at least 4 members (excludes halogenated alkanes) is 5. The average molecular weight is 711 g/mol. The van der Waals surface area contributed by atoms with Crippen LogP contribution in [0.4, 0.5) is 4.79 Å². The Morgan fingerprint density at radius 1 is 0.885 bits per heavy atom. The van der Waals surface area contributed by atoms with Gasteiger partial charge in [-0.3, -0.25) is 9.69 Å². The number of aromatic hydroxyl groups is 1. The average Bonchev–Trinajstić information content (AvgIpc) is 3.17. The van der Waals surface area contributed by atoms with Crippen LogP contribution >= 0.6 is 0 Å². The van der Waals surface area contributed by atoms with Gasteiger partial charge in [-0.25, -0.2) is 9.59 Å². The molecule has 1 unspecified atom stereocenters. The molecule has 5 N–H and O–H groups in total. The van der Waals surface area contributed by atoms with E-state index in [0.717, 1.165) is 88.7 Å². The van der Waals surface area contributed by atoms with Crippen LogP contribution in [-0.4, -0.2) is 77.6 Å². The van der Waals surface area contributed by atoms with Gasteiger partial charge in [-0.2, -0.15) is 0 Å². The number of nitrogens with zero attached hydrogens (tertiary/aromatic N) is 1. The number of aliphatic hydroxyl groups is 1. The van der Waals surface area contributed by atoms with Gasteiger partial charge in [0.05, 0.1) is 29.8 Å². The van der Waals surface area contributed by atoms with E-state index in [0.29, 0.717) is 41.1 Å². The number of aliphatic hydroxyl groups excluding tert-OH is 1. The van der Waals surface area contributed by atoms with Crippen LogP contribution in [0, 0.1) is 5.92 Å². The highest BCUT2D eigenvalue weighted by Crippen LogP contribution is 2.31. The van der Waals surface area contributed by atoms with Crippen molar-refractivity contribution in [1.82, 2.24) is 20.5 Å². The lowest BCUT2D eigenvalue weighted by molar-refractivity contribution is -0.0336. The number of carbonyl (C=O) groups excluding carboxylic acids is 2. The monoisotopic (exact) mass is 710 g/mol. The summed E-state index contributed by atoms with van der Waals surface area (Å²) in [6.45, 7) is 4.40. The van der Waals surface area contributed by atoms with Crippen LogP contribution in [0.3, 0.4) is 0 Å². The third-order valence-corrected chi connectivity index (χ3v) is 10.3. The minimum absolute atomic E-state index is 0.0268. The molecule has 3 aliphatic rings. The third kappa shape index (κ3) is 9.78. The molecule has 4 aromatic rings. The fourth-order valence-corrected chi connectivity index (χ4v) is 7.39. The summed E-state index contributed by atoms with van der Waals surface area (Å²) in [6, 6.07) is 22.6. The van der Waals surface area contributed by atoms with Gasteiger partial charge in [0.1, 0.15) is 11.9 Å². The predicted octanol–water partition coefficient (Wildman–Crippen LogP) is 5.96. The molecular weight excluding hydrogens is 660 g/mol. The first-order valence-electron chi connectivity index (χ1n) is 18.6. The fraction of sp³-hybridized carbons (Fsp3) is 0.439. The van der Waals surface area contributed by atoms with E-state index in [4.69, 9.17) is 9.47 Å². The van der Waals surface area contributed by atoms with Crippen molar-refractivity contribution in [1.29, 1.82) is 0 Å². The van der Waals surface area contributed by atoms with E-state index < -0.39 is 18.2 Å². The number of benzene rings is 3. The maximum absolute atomic E-state index is 13.1. The van der Waals surface area contributed by atoms with Crippen LogP contribution in [0.2, 0.25) is 0 Å². The molecule has 3 saturated heterocycles. The Morgan fingerprint density at radius 2 is 1.63 bits per heavy atom. The molecule has 3 atom stereocenters. The number of rotatable bonds is 17. The maximum atomic E-state index is 13.1. The van der Waals surface area contributed by atoms with E-state index in [2.05, 4.69) is 20.5 Å². The Hall–Kier alpha value is -4.71. The van der Waals surface area contributed by atoms with E-state index in [-0.39, 0.29) is 23.4 Å². The summed E-state index contributed by atoms with van der Waals surface area (Å²) in [5, 5.41) is 27.7. The van der Waals surface area contributed by atoms with E-state index in [1.54, 1.807) is 24.3 Å². The zero-order chi connectivity index (χ0) is 36.3. The van der Waals surface area contributed by atoms with Crippen molar-refractivity contribution in [3.8, 4) is 5.75 Å². The predicted molar refractivity (Wildman–Crippen MR) is 199 cm³/mol. The molecule has 0 radical (unpaired) electrons. The first kappa shape index (κ1) is 37.1. The summed E-state index contributed by atoms with van der Waals surface area (Å²) in [7, 11) is 0. The van der Waals surface area contributed by atoms with Gasteiger partial charge in [-0.1, -0.05) is 74.2 Å². The molecule has 11 nitrogen and oxygen atoms in total. The number of ether oxygens (including phenoxy) is 2. The second-order valence-electron chi connectivity index (χ2n) is 14.0. The Labute approximate surface area is 304 Å². The number of piperidine rings is 3. The smallest absolute Gasteiger partial charge is 0.408 e. The minimum Gasteiger partial charge on any atom is -0.506 e. The number of carbonyl (C=O) groups is 2. The van der Waals surface area contributed by atoms with Crippen LogP contribution in [0.15, 0.2) is 83.7 Å². The first-order valence-corrected chi connectivity index (χ1v) is 18.6. The highest BCUT2D eigenvalue weighted by atomic mass is 16.6. The molecular formula is C41H50N4O7. The summed E-state index contributed by atoms with van der Waals surface area (Å²) >= 11 is 0. The largest absolute Gasteiger partial charge is 0.506 e. The van der Waals surface area contributed by atoms with Gasteiger partial charge in [0.15, 0.2) is 0 Å². The number of fused-ring (bicyclic) bond motifs is 4. The number of pyridine rings is 1. The van der Waals surface area contributed by atoms with Crippen molar-refractivity contribution in [2.45, 2.75) is 69.6 Å². The van der Waals surface area contributed by atoms with Crippen molar-refractivity contribution in [3.63, 3.8) is 0 Å². The number of aromatic amines is 1. The second-order valence-corrected chi connectivity index (χ2v) is 14.0. The highest BCUT2D eigenvalue weighted by Gasteiger charge is 2.37. The minimum atomic E-state index is -0.774. The van der Waals surface area contributed by atoms with Gasteiger partial charge in [0.2, 0.25) is 5.56 Å². The molecule has 3 fully saturated rings. The maximum Gasteiger partial charge on any atom is 0.408 e. The first-order chi connectivity index (χ1) is 25.4.